The Morgan fingerprint density at radius 1 is 1.24 bits per heavy atom. The Morgan fingerprint density at radius 2 is 1.84 bits per heavy atom. The van der Waals surface area contributed by atoms with Crippen LogP contribution in [0, 0.1) is 25.1 Å². The van der Waals surface area contributed by atoms with Gasteiger partial charge in [0.2, 0.25) is 0 Å². The average Bonchev–Trinajstić information content (AvgIpc) is 2.89. The fourth-order valence-electron chi connectivity index (χ4n) is 2.98. The van der Waals surface area contributed by atoms with E-state index in [9.17, 15) is 19.4 Å². The van der Waals surface area contributed by atoms with Crippen molar-refractivity contribution in [1.82, 2.24) is 9.47 Å². The molecule has 0 radical (unpaired) electrons. The average molecular weight is 348 g/mol. The minimum Gasteiger partial charge on any atom is -0.396 e. The van der Waals surface area contributed by atoms with E-state index in [-0.39, 0.29) is 31.5 Å². The molecule has 0 saturated heterocycles. The minimum atomic E-state index is -0.776. The van der Waals surface area contributed by atoms with E-state index in [2.05, 4.69) is 0 Å². The second-order valence-electron chi connectivity index (χ2n) is 6.86. The number of benzene rings is 1. The molecule has 2 aromatic rings. The van der Waals surface area contributed by atoms with Gasteiger partial charge in [0.1, 0.15) is 5.82 Å². The van der Waals surface area contributed by atoms with Crippen LogP contribution in [-0.2, 0) is 0 Å². The summed E-state index contributed by atoms with van der Waals surface area (Å²) in [5.41, 5.74) is 1.50. The summed E-state index contributed by atoms with van der Waals surface area (Å²) in [6.07, 6.45) is 0. The Bertz CT molecular complexity index is 766. The van der Waals surface area contributed by atoms with Crippen LogP contribution in [0.4, 0.5) is 4.39 Å². The maximum absolute atomic E-state index is 14.1. The summed E-state index contributed by atoms with van der Waals surface area (Å²) < 4.78 is 15.9. The molecule has 1 aromatic carbocycles. The lowest BCUT2D eigenvalue weighted by Crippen LogP contribution is -2.41. The number of aliphatic hydroxyl groups is 2. The molecule has 2 N–H and O–H groups in total. The molecule has 0 bridgehead atoms. The smallest absolute Gasteiger partial charge is 0.255 e. The van der Waals surface area contributed by atoms with E-state index in [4.69, 9.17) is 0 Å². The number of nitrogens with zero attached hydrogens (tertiary/aromatic N) is 2. The van der Waals surface area contributed by atoms with Gasteiger partial charge in [0.15, 0.2) is 0 Å². The second kappa shape index (κ2) is 7.37. The zero-order valence-electron chi connectivity index (χ0n) is 15.1. The molecule has 0 saturated carbocycles. The fourth-order valence-corrected chi connectivity index (χ4v) is 2.98. The summed E-state index contributed by atoms with van der Waals surface area (Å²) in [6, 6.07) is 8.16. The molecule has 0 aliphatic rings. The van der Waals surface area contributed by atoms with E-state index in [1.54, 1.807) is 49.7 Å². The number of rotatable bonds is 6. The summed E-state index contributed by atoms with van der Waals surface area (Å²) in [6.45, 7) is 5.06. The molecule has 0 fully saturated rings. The number of hydrogen-bond acceptors (Lipinski definition) is 3. The van der Waals surface area contributed by atoms with Gasteiger partial charge < -0.3 is 19.7 Å². The highest BCUT2D eigenvalue weighted by molar-refractivity contribution is 5.95. The van der Waals surface area contributed by atoms with Crippen LogP contribution in [0.2, 0.25) is 0 Å². The third kappa shape index (κ3) is 3.75. The molecule has 0 aliphatic heterocycles. The number of aromatic nitrogens is 1. The summed E-state index contributed by atoms with van der Waals surface area (Å²) in [5.74, 6) is -0.589. The lowest BCUT2D eigenvalue weighted by atomic mass is 9.92. The van der Waals surface area contributed by atoms with Gasteiger partial charge in [0, 0.05) is 30.4 Å². The molecule has 0 atom stereocenters. The van der Waals surface area contributed by atoms with Crippen molar-refractivity contribution in [1.29, 1.82) is 0 Å². The SMILES string of the molecule is Cc1cc(C(=O)N(C)CC(C)(CO)CO)c(C)n1-c1ccccc1F. The third-order valence-electron chi connectivity index (χ3n) is 4.48. The molecule has 0 spiro atoms. The molecule has 0 aliphatic carbocycles. The third-order valence-corrected chi connectivity index (χ3v) is 4.48. The zero-order valence-corrected chi connectivity index (χ0v) is 15.1. The van der Waals surface area contributed by atoms with Gasteiger partial charge in [-0.05, 0) is 32.0 Å². The van der Waals surface area contributed by atoms with Gasteiger partial charge in [0.05, 0.1) is 24.5 Å². The number of aryl methyl sites for hydroxylation is 1. The van der Waals surface area contributed by atoms with Gasteiger partial charge in [-0.25, -0.2) is 4.39 Å². The first-order valence-corrected chi connectivity index (χ1v) is 8.15. The molecule has 6 heteroatoms. The first-order chi connectivity index (χ1) is 11.7. The quantitative estimate of drug-likeness (QED) is 0.842. The largest absolute Gasteiger partial charge is 0.396 e. The fraction of sp³-hybridized carbons (Fsp3) is 0.421. The number of carbonyl (C=O) groups is 1. The number of hydrogen-bond donors (Lipinski definition) is 2. The van der Waals surface area contributed by atoms with E-state index in [0.717, 1.165) is 5.69 Å². The van der Waals surface area contributed by atoms with Crippen molar-refractivity contribution in [2.75, 3.05) is 26.8 Å². The first-order valence-electron chi connectivity index (χ1n) is 8.15. The van der Waals surface area contributed by atoms with E-state index < -0.39 is 5.41 Å². The normalized spacial score (nSPS) is 11.6. The van der Waals surface area contributed by atoms with Gasteiger partial charge >= 0.3 is 0 Å². The highest BCUT2D eigenvalue weighted by Gasteiger charge is 2.28. The van der Waals surface area contributed by atoms with Crippen LogP contribution in [-0.4, -0.2) is 52.4 Å². The summed E-state index contributed by atoms with van der Waals surface area (Å²) in [5, 5.41) is 18.8. The van der Waals surface area contributed by atoms with Crippen molar-refractivity contribution in [2.45, 2.75) is 20.8 Å². The Hall–Kier alpha value is -2.18. The highest BCUT2D eigenvalue weighted by Crippen LogP contribution is 2.24. The Labute approximate surface area is 147 Å². The van der Waals surface area contributed by atoms with Crippen molar-refractivity contribution in [3.05, 3.63) is 53.1 Å². The molecule has 25 heavy (non-hydrogen) atoms. The number of amides is 1. The Morgan fingerprint density at radius 3 is 2.40 bits per heavy atom. The van der Waals surface area contributed by atoms with Crippen LogP contribution in [0.3, 0.4) is 0 Å². The van der Waals surface area contributed by atoms with Gasteiger partial charge in [0.25, 0.3) is 5.91 Å². The van der Waals surface area contributed by atoms with Gasteiger partial charge in [-0.3, -0.25) is 4.79 Å². The summed E-state index contributed by atoms with van der Waals surface area (Å²) >= 11 is 0. The van der Waals surface area contributed by atoms with Crippen LogP contribution in [0.1, 0.15) is 28.7 Å². The molecular formula is C19H25FN2O3. The monoisotopic (exact) mass is 348 g/mol. The van der Waals surface area contributed by atoms with E-state index in [0.29, 0.717) is 16.9 Å². The molecule has 1 amide bonds. The van der Waals surface area contributed by atoms with Gasteiger partial charge in [-0.1, -0.05) is 19.1 Å². The molecule has 5 nitrogen and oxygen atoms in total. The number of halogens is 1. The van der Waals surface area contributed by atoms with E-state index >= 15 is 0 Å². The van der Waals surface area contributed by atoms with Crippen molar-refractivity contribution in [3.8, 4) is 5.69 Å². The van der Waals surface area contributed by atoms with Crippen LogP contribution in [0.5, 0.6) is 0 Å². The predicted molar refractivity (Wildman–Crippen MR) is 94.4 cm³/mol. The van der Waals surface area contributed by atoms with Crippen LogP contribution >= 0.6 is 0 Å². The van der Waals surface area contributed by atoms with Gasteiger partial charge in [-0.2, -0.15) is 0 Å². The second-order valence-corrected chi connectivity index (χ2v) is 6.86. The topological polar surface area (TPSA) is 65.7 Å². The van der Waals surface area contributed by atoms with E-state index in [1.165, 1.54) is 11.0 Å². The molecular weight excluding hydrogens is 323 g/mol. The molecule has 1 aromatic heterocycles. The van der Waals surface area contributed by atoms with Crippen molar-refractivity contribution < 1.29 is 19.4 Å². The minimum absolute atomic E-state index is 0.211. The lowest BCUT2D eigenvalue weighted by molar-refractivity contribution is 0.0366. The van der Waals surface area contributed by atoms with Crippen molar-refractivity contribution in [2.24, 2.45) is 5.41 Å². The van der Waals surface area contributed by atoms with Crippen LogP contribution in [0.15, 0.2) is 30.3 Å². The number of carbonyl (C=O) groups excluding carboxylic acids is 1. The number of para-hydroxylation sites is 1. The molecule has 0 unspecified atom stereocenters. The maximum atomic E-state index is 14.1. The Kier molecular flexibility index (Phi) is 5.65. The standard InChI is InChI=1S/C19H25FN2O3/c1-13-9-15(18(25)21(4)10-19(3,11-23)12-24)14(2)22(13)17-8-6-5-7-16(17)20/h5-9,23-24H,10-12H2,1-4H3. The lowest BCUT2D eigenvalue weighted by Gasteiger charge is -2.30. The number of aliphatic hydroxyl groups excluding tert-OH is 2. The molecule has 136 valence electrons. The molecule has 1 heterocycles. The maximum Gasteiger partial charge on any atom is 0.255 e. The first kappa shape index (κ1) is 19.1. The Balaban J connectivity index is 2.37. The summed E-state index contributed by atoms with van der Waals surface area (Å²) in [4.78, 5) is 14.3. The van der Waals surface area contributed by atoms with Gasteiger partial charge in [-0.15, -0.1) is 0 Å². The summed E-state index contributed by atoms with van der Waals surface area (Å²) in [7, 11) is 1.63. The zero-order chi connectivity index (χ0) is 18.8. The van der Waals surface area contributed by atoms with Crippen LogP contribution < -0.4 is 0 Å². The predicted octanol–water partition coefficient (Wildman–Crippen LogP) is 2.30. The van der Waals surface area contributed by atoms with Crippen molar-refractivity contribution >= 4 is 5.91 Å². The van der Waals surface area contributed by atoms with Crippen molar-refractivity contribution in [3.63, 3.8) is 0 Å². The van der Waals surface area contributed by atoms with E-state index in [1.807, 2.05) is 6.92 Å². The highest BCUT2D eigenvalue weighted by atomic mass is 19.1. The molecule has 2 rings (SSSR count). The van der Waals surface area contributed by atoms with Crippen LogP contribution in [0.25, 0.3) is 5.69 Å².